The SMILES string of the molecule is CC1=NN(c2ccc(Cl)cc2)C(COc2ccc3c(c2)CCC3CC(=O)O)C1. The molecule has 2 aliphatic rings. The Bertz CT molecular complexity index is 910. The lowest BCUT2D eigenvalue weighted by molar-refractivity contribution is -0.137. The Morgan fingerprint density at radius 3 is 2.82 bits per heavy atom. The van der Waals surface area contributed by atoms with E-state index >= 15 is 0 Å². The first-order valence-corrected chi connectivity index (χ1v) is 9.93. The molecule has 4 rings (SSSR count). The van der Waals surface area contributed by atoms with Crippen molar-refractivity contribution in [2.75, 3.05) is 11.6 Å². The number of hydrogen-bond acceptors (Lipinski definition) is 4. The van der Waals surface area contributed by atoms with E-state index in [1.807, 2.05) is 48.3 Å². The first-order chi connectivity index (χ1) is 13.5. The van der Waals surface area contributed by atoms with Crippen LogP contribution in [0.3, 0.4) is 0 Å². The van der Waals surface area contributed by atoms with Crippen LogP contribution in [0, 0.1) is 0 Å². The normalized spacial score (nSPS) is 20.8. The van der Waals surface area contributed by atoms with Gasteiger partial charge in [0.1, 0.15) is 12.4 Å². The van der Waals surface area contributed by atoms with Gasteiger partial charge in [-0.15, -0.1) is 0 Å². The lowest BCUT2D eigenvalue weighted by Gasteiger charge is -2.24. The number of fused-ring (bicyclic) bond motifs is 1. The van der Waals surface area contributed by atoms with Gasteiger partial charge in [-0.25, -0.2) is 0 Å². The van der Waals surface area contributed by atoms with Gasteiger partial charge in [-0.05, 0) is 73.2 Å². The fraction of sp³-hybridized carbons (Fsp3) is 0.364. The summed E-state index contributed by atoms with van der Waals surface area (Å²) >= 11 is 6.00. The molecule has 1 N–H and O–H groups in total. The molecule has 0 aromatic heterocycles. The molecule has 0 saturated heterocycles. The van der Waals surface area contributed by atoms with Crippen molar-refractivity contribution in [1.82, 2.24) is 0 Å². The van der Waals surface area contributed by atoms with Crippen LogP contribution in [0.1, 0.15) is 43.2 Å². The topological polar surface area (TPSA) is 62.1 Å². The molecular formula is C22H23ClN2O3. The van der Waals surface area contributed by atoms with Crippen molar-refractivity contribution < 1.29 is 14.6 Å². The van der Waals surface area contributed by atoms with Gasteiger partial charge in [-0.2, -0.15) is 5.10 Å². The van der Waals surface area contributed by atoms with Crippen molar-refractivity contribution in [2.45, 2.75) is 44.6 Å². The maximum atomic E-state index is 11.0. The Hall–Kier alpha value is -2.53. The number of aryl methyl sites for hydroxylation is 1. The average molecular weight is 399 g/mol. The van der Waals surface area contributed by atoms with Gasteiger partial charge < -0.3 is 9.84 Å². The van der Waals surface area contributed by atoms with Crippen molar-refractivity contribution in [3.05, 3.63) is 58.6 Å². The molecule has 146 valence electrons. The number of carboxylic acids is 1. The van der Waals surface area contributed by atoms with Gasteiger partial charge in [0.15, 0.2) is 0 Å². The lowest BCUT2D eigenvalue weighted by Crippen LogP contribution is -2.32. The number of benzene rings is 2. The Morgan fingerprint density at radius 1 is 1.29 bits per heavy atom. The summed E-state index contributed by atoms with van der Waals surface area (Å²) in [5.41, 5.74) is 4.43. The predicted molar refractivity (Wildman–Crippen MR) is 111 cm³/mol. The second-order valence-corrected chi connectivity index (χ2v) is 7.96. The third kappa shape index (κ3) is 3.99. The summed E-state index contributed by atoms with van der Waals surface area (Å²) in [6.45, 7) is 2.56. The highest BCUT2D eigenvalue weighted by atomic mass is 35.5. The smallest absolute Gasteiger partial charge is 0.303 e. The maximum absolute atomic E-state index is 11.0. The molecule has 2 unspecified atom stereocenters. The number of nitrogens with zero attached hydrogens (tertiary/aromatic N) is 2. The van der Waals surface area contributed by atoms with E-state index in [1.54, 1.807) is 0 Å². The Labute approximate surface area is 169 Å². The zero-order chi connectivity index (χ0) is 19.7. The van der Waals surface area contributed by atoms with E-state index in [4.69, 9.17) is 21.4 Å². The van der Waals surface area contributed by atoms with Gasteiger partial charge in [-0.1, -0.05) is 17.7 Å². The molecule has 1 heterocycles. The predicted octanol–water partition coefficient (Wildman–Crippen LogP) is 4.88. The molecule has 0 fully saturated rings. The van der Waals surface area contributed by atoms with Crippen molar-refractivity contribution in [1.29, 1.82) is 0 Å². The van der Waals surface area contributed by atoms with E-state index in [0.717, 1.165) is 42.0 Å². The monoisotopic (exact) mass is 398 g/mol. The highest BCUT2D eigenvalue weighted by molar-refractivity contribution is 6.30. The molecule has 28 heavy (non-hydrogen) atoms. The van der Waals surface area contributed by atoms with E-state index in [1.165, 1.54) is 5.56 Å². The number of halogens is 1. The third-order valence-corrected chi connectivity index (χ3v) is 5.68. The van der Waals surface area contributed by atoms with Crippen molar-refractivity contribution in [2.24, 2.45) is 5.10 Å². The van der Waals surface area contributed by atoms with Crippen LogP contribution >= 0.6 is 11.6 Å². The summed E-state index contributed by atoms with van der Waals surface area (Å²) in [5.74, 6) is 0.209. The molecule has 2 atom stereocenters. The molecule has 2 aromatic carbocycles. The molecule has 1 aliphatic carbocycles. The molecule has 0 saturated carbocycles. The van der Waals surface area contributed by atoms with Crippen molar-refractivity contribution in [3.8, 4) is 5.75 Å². The quantitative estimate of drug-likeness (QED) is 0.753. The summed E-state index contributed by atoms with van der Waals surface area (Å²) < 4.78 is 6.10. The third-order valence-electron chi connectivity index (χ3n) is 5.43. The largest absolute Gasteiger partial charge is 0.491 e. The molecule has 0 radical (unpaired) electrons. The van der Waals surface area contributed by atoms with Crippen LogP contribution in [0.5, 0.6) is 5.75 Å². The molecular weight excluding hydrogens is 376 g/mol. The van der Waals surface area contributed by atoms with E-state index in [0.29, 0.717) is 11.6 Å². The van der Waals surface area contributed by atoms with Crippen molar-refractivity contribution in [3.63, 3.8) is 0 Å². The highest BCUT2D eigenvalue weighted by Gasteiger charge is 2.28. The summed E-state index contributed by atoms with van der Waals surface area (Å²) in [6, 6.07) is 13.8. The summed E-state index contributed by atoms with van der Waals surface area (Å²) in [7, 11) is 0. The summed E-state index contributed by atoms with van der Waals surface area (Å²) in [6.07, 6.45) is 2.86. The van der Waals surface area contributed by atoms with Crippen LogP contribution in [0.15, 0.2) is 47.6 Å². The summed E-state index contributed by atoms with van der Waals surface area (Å²) in [4.78, 5) is 11.0. The fourth-order valence-corrected chi connectivity index (χ4v) is 4.24. The van der Waals surface area contributed by atoms with Crippen LogP contribution in [-0.4, -0.2) is 29.4 Å². The van der Waals surface area contributed by atoms with E-state index < -0.39 is 5.97 Å². The molecule has 2 aromatic rings. The number of carbonyl (C=O) groups is 1. The maximum Gasteiger partial charge on any atom is 0.303 e. The average Bonchev–Trinajstić information content (AvgIpc) is 3.23. The zero-order valence-corrected chi connectivity index (χ0v) is 16.5. The molecule has 0 amide bonds. The number of aliphatic carboxylic acids is 1. The van der Waals surface area contributed by atoms with Gasteiger partial charge in [0.25, 0.3) is 0 Å². The number of hydrazone groups is 1. The number of carboxylic acid groups (broad SMARTS) is 1. The first kappa shape index (κ1) is 18.8. The molecule has 0 spiro atoms. The second kappa shape index (κ2) is 7.84. The van der Waals surface area contributed by atoms with E-state index in [2.05, 4.69) is 11.2 Å². The van der Waals surface area contributed by atoms with Crippen LogP contribution in [-0.2, 0) is 11.2 Å². The Morgan fingerprint density at radius 2 is 2.07 bits per heavy atom. The number of rotatable bonds is 6. The van der Waals surface area contributed by atoms with E-state index in [-0.39, 0.29) is 18.4 Å². The highest BCUT2D eigenvalue weighted by Crippen LogP contribution is 2.37. The van der Waals surface area contributed by atoms with Crippen LogP contribution in [0.25, 0.3) is 0 Å². The minimum absolute atomic E-state index is 0.118. The number of ether oxygens (including phenoxy) is 1. The minimum Gasteiger partial charge on any atom is -0.491 e. The Balaban J connectivity index is 1.43. The van der Waals surface area contributed by atoms with Crippen LogP contribution < -0.4 is 9.75 Å². The number of hydrogen-bond donors (Lipinski definition) is 1. The number of anilines is 1. The fourth-order valence-electron chi connectivity index (χ4n) is 4.11. The van der Waals surface area contributed by atoms with Gasteiger partial charge in [0.05, 0.1) is 18.2 Å². The molecule has 6 heteroatoms. The lowest BCUT2D eigenvalue weighted by atomic mass is 9.98. The van der Waals surface area contributed by atoms with Crippen LogP contribution in [0.4, 0.5) is 5.69 Å². The van der Waals surface area contributed by atoms with E-state index in [9.17, 15) is 4.79 Å². The summed E-state index contributed by atoms with van der Waals surface area (Å²) in [5, 5.41) is 16.4. The zero-order valence-electron chi connectivity index (χ0n) is 15.8. The van der Waals surface area contributed by atoms with Gasteiger partial charge >= 0.3 is 5.97 Å². The Kier molecular flexibility index (Phi) is 5.27. The first-order valence-electron chi connectivity index (χ1n) is 9.56. The van der Waals surface area contributed by atoms with Gasteiger partial charge in [0, 0.05) is 17.2 Å². The second-order valence-electron chi connectivity index (χ2n) is 7.52. The standard InChI is InChI=1S/C22H23ClN2O3/c1-14-10-19(25(24-14)18-6-4-17(23)5-7-18)13-28-20-8-9-21-15(11-20)2-3-16(21)12-22(26)27/h4-9,11,16,19H,2-3,10,12-13H2,1H3,(H,26,27). The molecule has 0 bridgehead atoms. The van der Waals surface area contributed by atoms with Crippen molar-refractivity contribution >= 4 is 29.0 Å². The van der Waals surface area contributed by atoms with Gasteiger partial charge in [-0.3, -0.25) is 9.80 Å². The molecule has 5 nitrogen and oxygen atoms in total. The van der Waals surface area contributed by atoms with Gasteiger partial charge in [0.2, 0.25) is 0 Å². The van der Waals surface area contributed by atoms with Crippen LogP contribution in [0.2, 0.25) is 5.02 Å². The minimum atomic E-state index is -0.739. The molecule has 1 aliphatic heterocycles.